The van der Waals surface area contributed by atoms with Crippen molar-refractivity contribution in [3.05, 3.63) is 39.7 Å². The molecule has 1 aromatic rings. The van der Waals surface area contributed by atoms with Crippen LogP contribution >= 0.6 is 0 Å². The van der Waals surface area contributed by atoms with E-state index in [-0.39, 0.29) is 18.0 Å². The molecule has 7 heteroatoms. The average Bonchev–Trinajstić information content (AvgIpc) is 2.38. The average molecular weight is 269 g/mol. The lowest BCUT2D eigenvalue weighted by Gasteiger charge is -2.16. The van der Waals surface area contributed by atoms with Gasteiger partial charge in [-0.3, -0.25) is 14.9 Å². The molecule has 0 aliphatic rings. The molecule has 1 aromatic carbocycles. The summed E-state index contributed by atoms with van der Waals surface area (Å²) in [4.78, 5) is 22.7. The molecular weight excluding hydrogens is 253 g/mol. The minimum absolute atomic E-state index is 0.105. The van der Waals surface area contributed by atoms with Crippen molar-refractivity contribution in [2.24, 2.45) is 0 Å². The monoisotopic (exact) mass is 269 g/mol. The second-order valence-corrected chi connectivity index (χ2v) is 4.17. The molecule has 0 fully saturated rings. The van der Waals surface area contributed by atoms with Crippen LogP contribution in [0.4, 0.5) is 10.1 Å². The highest BCUT2D eigenvalue weighted by atomic mass is 19.1. The molecule has 0 atom stereocenters. The molecular formula is C12H16FN3O3. The molecule has 1 N–H and O–H groups in total. The van der Waals surface area contributed by atoms with Crippen LogP contribution in [-0.2, 0) is 11.3 Å². The lowest BCUT2D eigenvalue weighted by molar-refractivity contribution is -0.387. The van der Waals surface area contributed by atoms with Crippen molar-refractivity contribution >= 4 is 11.6 Å². The number of rotatable bonds is 6. The first kappa shape index (κ1) is 15.0. The SMILES string of the molecule is CNC(=O)CCN(C)Cc1cccc([N+](=O)[O-])c1F. The van der Waals surface area contributed by atoms with Gasteiger partial charge in [-0.25, -0.2) is 0 Å². The summed E-state index contributed by atoms with van der Waals surface area (Å²) in [6, 6.07) is 4.07. The van der Waals surface area contributed by atoms with Gasteiger partial charge in [0, 0.05) is 38.2 Å². The van der Waals surface area contributed by atoms with Gasteiger partial charge in [0.15, 0.2) is 0 Å². The first-order chi connectivity index (χ1) is 8.95. The second kappa shape index (κ2) is 6.79. The summed E-state index contributed by atoms with van der Waals surface area (Å²) < 4.78 is 13.8. The number of benzene rings is 1. The minimum atomic E-state index is -0.820. The van der Waals surface area contributed by atoms with Gasteiger partial charge < -0.3 is 10.2 Å². The minimum Gasteiger partial charge on any atom is -0.359 e. The number of halogens is 1. The van der Waals surface area contributed by atoms with E-state index >= 15 is 0 Å². The number of hydrogen-bond acceptors (Lipinski definition) is 4. The Labute approximate surface area is 110 Å². The highest BCUT2D eigenvalue weighted by Crippen LogP contribution is 2.21. The van der Waals surface area contributed by atoms with Crippen molar-refractivity contribution < 1.29 is 14.1 Å². The van der Waals surface area contributed by atoms with Gasteiger partial charge in [0.1, 0.15) is 0 Å². The predicted octanol–water partition coefficient (Wildman–Crippen LogP) is 1.30. The van der Waals surface area contributed by atoms with E-state index < -0.39 is 16.4 Å². The first-order valence-corrected chi connectivity index (χ1v) is 5.76. The van der Waals surface area contributed by atoms with Crippen LogP contribution in [0.25, 0.3) is 0 Å². The van der Waals surface area contributed by atoms with Crippen molar-refractivity contribution in [2.75, 3.05) is 20.6 Å². The molecule has 0 aliphatic heterocycles. The molecule has 0 saturated carbocycles. The Morgan fingerprint density at radius 1 is 1.53 bits per heavy atom. The van der Waals surface area contributed by atoms with Crippen LogP contribution in [0, 0.1) is 15.9 Å². The summed E-state index contributed by atoms with van der Waals surface area (Å²) >= 11 is 0. The fourth-order valence-electron chi connectivity index (χ4n) is 1.62. The maximum atomic E-state index is 13.8. The van der Waals surface area contributed by atoms with Crippen LogP contribution in [0.3, 0.4) is 0 Å². The smallest absolute Gasteiger partial charge is 0.305 e. The van der Waals surface area contributed by atoms with E-state index in [9.17, 15) is 19.3 Å². The third-order valence-electron chi connectivity index (χ3n) is 2.69. The Balaban J connectivity index is 2.69. The van der Waals surface area contributed by atoms with Crippen LogP contribution < -0.4 is 5.32 Å². The molecule has 19 heavy (non-hydrogen) atoms. The maximum Gasteiger partial charge on any atom is 0.305 e. The Morgan fingerprint density at radius 2 is 2.21 bits per heavy atom. The quantitative estimate of drug-likeness (QED) is 0.624. The van der Waals surface area contributed by atoms with E-state index in [0.29, 0.717) is 13.0 Å². The van der Waals surface area contributed by atoms with Crippen LogP contribution in [0.2, 0.25) is 0 Å². The fourth-order valence-corrected chi connectivity index (χ4v) is 1.62. The van der Waals surface area contributed by atoms with E-state index in [2.05, 4.69) is 5.32 Å². The van der Waals surface area contributed by atoms with Gasteiger partial charge in [0.05, 0.1) is 4.92 Å². The maximum absolute atomic E-state index is 13.8. The zero-order chi connectivity index (χ0) is 14.4. The van der Waals surface area contributed by atoms with Crippen LogP contribution in [0.15, 0.2) is 18.2 Å². The zero-order valence-electron chi connectivity index (χ0n) is 10.9. The number of nitrogens with zero attached hydrogens (tertiary/aromatic N) is 2. The molecule has 0 spiro atoms. The molecule has 0 aliphatic carbocycles. The van der Waals surface area contributed by atoms with E-state index in [0.717, 1.165) is 6.07 Å². The predicted molar refractivity (Wildman–Crippen MR) is 68.1 cm³/mol. The van der Waals surface area contributed by atoms with Gasteiger partial charge in [-0.15, -0.1) is 0 Å². The highest BCUT2D eigenvalue weighted by molar-refractivity contribution is 5.75. The number of amides is 1. The van der Waals surface area contributed by atoms with Crippen molar-refractivity contribution in [2.45, 2.75) is 13.0 Å². The highest BCUT2D eigenvalue weighted by Gasteiger charge is 2.17. The van der Waals surface area contributed by atoms with Crippen molar-refractivity contribution in [1.82, 2.24) is 10.2 Å². The molecule has 1 amide bonds. The lowest BCUT2D eigenvalue weighted by atomic mass is 10.1. The largest absolute Gasteiger partial charge is 0.359 e. The molecule has 0 bridgehead atoms. The van der Waals surface area contributed by atoms with E-state index in [4.69, 9.17) is 0 Å². The summed E-state index contributed by atoms with van der Waals surface area (Å²) in [5.41, 5.74) is -0.286. The van der Waals surface area contributed by atoms with E-state index in [1.54, 1.807) is 19.0 Å². The van der Waals surface area contributed by atoms with E-state index in [1.165, 1.54) is 12.1 Å². The lowest BCUT2D eigenvalue weighted by Crippen LogP contribution is -2.26. The molecule has 0 radical (unpaired) electrons. The van der Waals surface area contributed by atoms with Crippen molar-refractivity contribution in [3.8, 4) is 0 Å². The van der Waals surface area contributed by atoms with Gasteiger partial charge in [0.2, 0.25) is 11.7 Å². The second-order valence-electron chi connectivity index (χ2n) is 4.17. The van der Waals surface area contributed by atoms with Gasteiger partial charge in [-0.05, 0) is 7.05 Å². The number of nitro groups is 1. The van der Waals surface area contributed by atoms with Crippen molar-refractivity contribution in [3.63, 3.8) is 0 Å². The first-order valence-electron chi connectivity index (χ1n) is 5.76. The summed E-state index contributed by atoms with van der Waals surface area (Å²) in [5, 5.41) is 13.1. The summed E-state index contributed by atoms with van der Waals surface area (Å²) in [5.74, 6) is -0.925. The van der Waals surface area contributed by atoms with Crippen molar-refractivity contribution in [1.29, 1.82) is 0 Å². The Kier molecular flexibility index (Phi) is 5.37. The Bertz CT molecular complexity index is 479. The number of nitrogens with one attached hydrogen (secondary N) is 1. The summed E-state index contributed by atoms with van der Waals surface area (Å²) in [6.45, 7) is 0.659. The molecule has 0 heterocycles. The molecule has 0 saturated heterocycles. The Morgan fingerprint density at radius 3 is 2.79 bits per heavy atom. The van der Waals surface area contributed by atoms with Crippen LogP contribution in [0.1, 0.15) is 12.0 Å². The van der Waals surface area contributed by atoms with Gasteiger partial charge >= 0.3 is 5.69 Å². The fraction of sp³-hybridized carbons (Fsp3) is 0.417. The number of nitro benzene ring substituents is 1. The zero-order valence-corrected chi connectivity index (χ0v) is 10.9. The number of hydrogen-bond donors (Lipinski definition) is 1. The molecule has 0 unspecified atom stereocenters. The standard InChI is InChI=1S/C12H16FN3O3/c1-14-11(17)6-7-15(2)8-9-4-3-5-10(12(9)13)16(18)19/h3-5H,6-8H2,1-2H3,(H,14,17). The topological polar surface area (TPSA) is 75.5 Å². The van der Waals surface area contributed by atoms with Crippen LogP contribution in [0.5, 0.6) is 0 Å². The third-order valence-corrected chi connectivity index (χ3v) is 2.69. The van der Waals surface area contributed by atoms with Gasteiger partial charge in [-0.1, -0.05) is 12.1 Å². The van der Waals surface area contributed by atoms with Crippen LogP contribution in [-0.4, -0.2) is 36.4 Å². The normalized spacial score (nSPS) is 10.5. The summed E-state index contributed by atoms with van der Waals surface area (Å²) in [6.07, 6.45) is 0.295. The molecule has 6 nitrogen and oxygen atoms in total. The summed E-state index contributed by atoms with van der Waals surface area (Å²) in [7, 11) is 3.27. The third kappa shape index (κ3) is 4.29. The van der Waals surface area contributed by atoms with E-state index in [1.807, 2.05) is 0 Å². The van der Waals surface area contributed by atoms with Gasteiger partial charge in [0.25, 0.3) is 0 Å². The Hall–Kier alpha value is -2.02. The molecule has 1 rings (SSSR count). The van der Waals surface area contributed by atoms with Gasteiger partial charge in [-0.2, -0.15) is 4.39 Å². The number of carbonyl (C=O) groups excluding carboxylic acids is 1. The molecule has 104 valence electrons. The molecule has 0 aromatic heterocycles. The number of carbonyl (C=O) groups is 1.